The molecular formula is C12H21N3S. The quantitative estimate of drug-likeness (QED) is 0.882. The van der Waals surface area contributed by atoms with Crippen LogP contribution < -0.4 is 5.73 Å². The van der Waals surface area contributed by atoms with Crippen molar-refractivity contribution in [2.24, 2.45) is 5.73 Å². The molecule has 0 aliphatic heterocycles. The van der Waals surface area contributed by atoms with Gasteiger partial charge in [0.1, 0.15) is 0 Å². The minimum atomic E-state index is 0.0840. The lowest BCUT2D eigenvalue weighted by molar-refractivity contribution is 0.349. The molecule has 90 valence electrons. The number of rotatable bonds is 3. The molecule has 1 fully saturated rings. The average molecular weight is 239 g/mol. The van der Waals surface area contributed by atoms with Gasteiger partial charge in [0.25, 0.3) is 0 Å². The second-order valence-corrected chi connectivity index (χ2v) is 5.82. The van der Waals surface area contributed by atoms with Gasteiger partial charge in [-0.2, -0.15) is 11.8 Å². The van der Waals surface area contributed by atoms with Crippen LogP contribution in [0.15, 0.2) is 12.5 Å². The van der Waals surface area contributed by atoms with Gasteiger partial charge < -0.3 is 10.3 Å². The summed E-state index contributed by atoms with van der Waals surface area (Å²) in [7, 11) is 0. The van der Waals surface area contributed by atoms with E-state index in [4.69, 9.17) is 5.73 Å². The molecule has 1 aliphatic carbocycles. The molecule has 0 saturated heterocycles. The van der Waals surface area contributed by atoms with Crippen LogP contribution in [0.3, 0.4) is 0 Å². The maximum absolute atomic E-state index is 5.95. The number of nitrogens with two attached hydrogens (primary N) is 1. The van der Waals surface area contributed by atoms with Crippen LogP contribution in [-0.4, -0.2) is 21.1 Å². The highest BCUT2D eigenvalue weighted by Crippen LogP contribution is 2.34. The average Bonchev–Trinajstić information content (AvgIpc) is 2.78. The zero-order valence-corrected chi connectivity index (χ0v) is 10.9. The molecule has 0 unspecified atom stereocenters. The van der Waals surface area contributed by atoms with E-state index in [1.807, 2.05) is 31.2 Å². The summed E-state index contributed by atoms with van der Waals surface area (Å²) >= 11 is 2.01. The molecule has 3 nitrogen and oxygen atoms in total. The monoisotopic (exact) mass is 239 g/mol. The summed E-state index contributed by atoms with van der Waals surface area (Å²) < 4.78 is 2.29. The molecule has 1 saturated carbocycles. The molecular weight excluding hydrogens is 218 g/mol. The van der Waals surface area contributed by atoms with Crippen molar-refractivity contribution in [2.45, 2.75) is 49.9 Å². The summed E-state index contributed by atoms with van der Waals surface area (Å²) in [6.45, 7) is 2.03. The second kappa shape index (κ2) is 5.23. The molecule has 1 aromatic rings. The van der Waals surface area contributed by atoms with Crippen LogP contribution in [0.25, 0.3) is 0 Å². The fourth-order valence-electron chi connectivity index (χ4n) is 2.53. The molecule has 0 amide bonds. The fraction of sp³-hybridized carbons (Fsp3) is 0.750. The van der Waals surface area contributed by atoms with Gasteiger partial charge in [-0.25, -0.2) is 4.98 Å². The van der Waals surface area contributed by atoms with Crippen LogP contribution in [0.1, 0.15) is 50.4 Å². The molecule has 1 aromatic heterocycles. The van der Waals surface area contributed by atoms with E-state index in [0.29, 0.717) is 6.04 Å². The highest BCUT2D eigenvalue weighted by atomic mass is 32.2. The maximum Gasteiger partial charge on any atom is 0.0951 e. The molecule has 2 rings (SSSR count). The number of hydrogen-bond acceptors (Lipinski definition) is 3. The van der Waals surface area contributed by atoms with Crippen molar-refractivity contribution in [2.75, 3.05) is 6.26 Å². The van der Waals surface area contributed by atoms with E-state index < -0.39 is 0 Å². The van der Waals surface area contributed by atoms with Crippen molar-refractivity contribution in [3.05, 3.63) is 18.2 Å². The van der Waals surface area contributed by atoms with Gasteiger partial charge in [-0.05, 0) is 38.9 Å². The van der Waals surface area contributed by atoms with Gasteiger partial charge in [-0.3, -0.25) is 0 Å². The lowest BCUT2D eigenvalue weighted by Crippen LogP contribution is -2.22. The first kappa shape index (κ1) is 12.0. The third-order valence-electron chi connectivity index (χ3n) is 3.53. The van der Waals surface area contributed by atoms with Crippen molar-refractivity contribution < 1.29 is 0 Å². The lowest BCUT2D eigenvalue weighted by atomic mass is 9.94. The van der Waals surface area contributed by atoms with Crippen molar-refractivity contribution in [3.63, 3.8) is 0 Å². The standard InChI is InChI=1S/C12H21N3S/c1-9(13)12-7-14-8-15(12)10-3-5-11(16-2)6-4-10/h7-11H,3-6,13H2,1-2H3/t9-,10?,11?/m0/s1. The van der Waals surface area contributed by atoms with E-state index in [1.165, 1.54) is 31.4 Å². The Labute approximate surface area is 102 Å². The van der Waals surface area contributed by atoms with Gasteiger partial charge in [0.2, 0.25) is 0 Å². The van der Waals surface area contributed by atoms with Gasteiger partial charge in [-0.15, -0.1) is 0 Å². The Balaban J connectivity index is 2.05. The van der Waals surface area contributed by atoms with Crippen LogP contribution in [0, 0.1) is 0 Å². The largest absolute Gasteiger partial charge is 0.330 e. The fourth-order valence-corrected chi connectivity index (χ4v) is 3.28. The van der Waals surface area contributed by atoms with Crippen LogP contribution in [0.4, 0.5) is 0 Å². The predicted molar refractivity (Wildman–Crippen MR) is 69.6 cm³/mol. The highest BCUT2D eigenvalue weighted by molar-refractivity contribution is 7.99. The highest BCUT2D eigenvalue weighted by Gasteiger charge is 2.23. The SMILES string of the molecule is CSC1CCC(n2cncc2[C@H](C)N)CC1. The van der Waals surface area contributed by atoms with Crippen LogP contribution >= 0.6 is 11.8 Å². The Hall–Kier alpha value is -0.480. The van der Waals surface area contributed by atoms with Crippen LogP contribution in [0.2, 0.25) is 0 Å². The number of imidazole rings is 1. The van der Waals surface area contributed by atoms with Gasteiger partial charge in [-0.1, -0.05) is 0 Å². The molecule has 0 aromatic carbocycles. The van der Waals surface area contributed by atoms with Crippen molar-refractivity contribution in [1.82, 2.24) is 9.55 Å². The Morgan fingerprint density at radius 3 is 2.69 bits per heavy atom. The van der Waals surface area contributed by atoms with Crippen LogP contribution in [-0.2, 0) is 0 Å². The molecule has 2 N–H and O–H groups in total. The summed E-state index contributed by atoms with van der Waals surface area (Å²) in [6, 6.07) is 0.702. The van der Waals surface area contributed by atoms with Crippen molar-refractivity contribution >= 4 is 11.8 Å². The predicted octanol–water partition coefficient (Wildman–Crippen LogP) is 2.75. The van der Waals surface area contributed by atoms with Gasteiger partial charge in [0.05, 0.1) is 12.0 Å². The Morgan fingerprint density at radius 1 is 1.44 bits per heavy atom. The Kier molecular flexibility index (Phi) is 3.92. The number of aromatic nitrogens is 2. The number of thioether (sulfide) groups is 1. The van der Waals surface area contributed by atoms with E-state index in [0.717, 1.165) is 5.25 Å². The summed E-state index contributed by atoms with van der Waals surface area (Å²) in [6.07, 6.45) is 11.2. The van der Waals surface area contributed by atoms with Gasteiger partial charge in [0, 0.05) is 23.5 Å². The smallest absolute Gasteiger partial charge is 0.0951 e. The van der Waals surface area contributed by atoms with Crippen LogP contribution in [0.5, 0.6) is 0 Å². The Morgan fingerprint density at radius 2 is 2.12 bits per heavy atom. The number of hydrogen-bond donors (Lipinski definition) is 1. The summed E-state index contributed by atoms with van der Waals surface area (Å²) in [5.41, 5.74) is 7.13. The summed E-state index contributed by atoms with van der Waals surface area (Å²) in [5, 5.41) is 0.860. The van der Waals surface area contributed by atoms with E-state index in [-0.39, 0.29) is 6.04 Å². The minimum Gasteiger partial charge on any atom is -0.330 e. The molecule has 1 heterocycles. The lowest BCUT2D eigenvalue weighted by Gasteiger charge is -2.29. The first-order chi connectivity index (χ1) is 7.72. The van der Waals surface area contributed by atoms with Gasteiger partial charge >= 0.3 is 0 Å². The molecule has 0 radical (unpaired) electrons. The zero-order chi connectivity index (χ0) is 11.5. The summed E-state index contributed by atoms with van der Waals surface area (Å²) in [4.78, 5) is 4.24. The third kappa shape index (κ3) is 2.43. The van der Waals surface area contributed by atoms with E-state index in [1.54, 1.807) is 0 Å². The van der Waals surface area contributed by atoms with E-state index in [9.17, 15) is 0 Å². The molecule has 0 spiro atoms. The van der Waals surface area contributed by atoms with E-state index >= 15 is 0 Å². The van der Waals surface area contributed by atoms with Crippen molar-refractivity contribution in [1.29, 1.82) is 0 Å². The topological polar surface area (TPSA) is 43.8 Å². The Bertz CT molecular complexity index is 327. The van der Waals surface area contributed by atoms with Crippen molar-refractivity contribution in [3.8, 4) is 0 Å². The molecule has 0 bridgehead atoms. The maximum atomic E-state index is 5.95. The first-order valence-corrected chi connectivity index (χ1v) is 7.31. The molecule has 4 heteroatoms. The summed E-state index contributed by atoms with van der Waals surface area (Å²) in [5.74, 6) is 0. The molecule has 1 atom stereocenters. The number of nitrogens with zero attached hydrogens (tertiary/aromatic N) is 2. The first-order valence-electron chi connectivity index (χ1n) is 6.02. The minimum absolute atomic E-state index is 0.0840. The molecule has 16 heavy (non-hydrogen) atoms. The second-order valence-electron chi connectivity index (χ2n) is 4.68. The third-order valence-corrected chi connectivity index (χ3v) is 4.67. The molecule has 1 aliphatic rings. The van der Waals surface area contributed by atoms with E-state index in [2.05, 4.69) is 15.8 Å². The normalized spacial score (nSPS) is 27.9. The van der Waals surface area contributed by atoms with Gasteiger partial charge in [0.15, 0.2) is 0 Å². The zero-order valence-electron chi connectivity index (χ0n) is 10.1.